The van der Waals surface area contributed by atoms with Gasteiger partial charge in [0.1, 0.15) is 0 Å². The van der Waals surface area contributed by atoms with E-state index >= 15 is 0 Å². The molecule has 5 heteroatoms. The molecule has 4 nitrogen and oxygen atoms in total. The zero-order valence-corrected chi connectivity index (χ0v) is 17.1. The van der Waals surface area contributed by atoms with Gasteiger partial charge in [-0.05, 0) is 56.3 Å². The molecule has 0 rings (SSSR count). The maximum atomic E-state index is 12.5. The molecule has 0 unspecified atom stereocenters. The van der Waals surface area contributed by atoms with Gasteiger partial charge in [-0.2, -0.15) is 0 Å². The summed E-state index contributed by atoms with van der Waals surface area (Å²) in [6, 6.07) is 0. The van der Waals surface area contributed by atoms with Gasteiger partial charge in [0.15, 0.2) is 0 Å². The van der Waals surface area contributed by atoms with Crippen molar-refractivity contribution in [2.75, 3.05) is 13.2 Å². The van der Waals surface area contributed by atoms with Crippen LogP contribution in [-0.4, -0.2) is 25.2 Å². The Morgan fingerprint density at radius 3 is 1.68 bits per heavy atom. The Bertz CT molecular complexity index is 556. The van der Waals surface area contributed by atoms with Gasteiger partial charge < -0.3 is 9.47 Å². The molecule has 142 valence electrons. The van der Waals surface area contributed by atoms with Crippen molar-refractivity contribution in [1.29, 1.82) is 0 Å². The van der Waals surface area contributed by atoms with Crippen LogP contribution in [0.25, 0.3) is 0 Å². The number of rotatable bonds is 10. The van der Waals surface area contributed by atoms with E-state index in [1.165, 1.54) is 6.08 Å². The van der Waals surface area contributed by atoms with Crippen LogP contribution in [0.1, 0.15) is 67.2 Å². The molecule has 0 aromatic carbocycles. The van der Waals surface area contributed by atoms with Gasteiger partial charge in [0.2, 0.25) is 0 Å². The summed E-state index contributed by atoms with van der Waals surface area (Å²) in [5.41, 5.74) is 3.08. The second kappa shape index (κ2) is 12.8. The first-order chi connectivity index (χ1) is 11.9. The highest BCUT2D eigenvalue weighted by Gasteiger charge is 2.22. The molecule has 0 aromatic heterocycles. The van der Waals surface area contributed by atoms with E-state index in [0.29, 0.717) is 12.8 Å². The van der Waals surface area contributed by atoms with Crippen LogP contribution in [0.15, 0.2) is 33.4 Å². The average molecular weight is 371 g/mol. The van der Waals surface area contributed by atoms with Crippen LogP contribution in [-0.2, 0) is 19.1 Å². The van der Waals surface area contributed by atoms with Crippen molar-refractivity contribution >= 4 is 23.5 Å². The van der Waals surface area contributed by atoms with Gasteiger partial charge in [0, 0.05) is 11.1 Å². The highest BCUT2D eigenvalue weighted by molar-refractivity contribution is 6.30. The Balaban J connectivity index is 6.46. The van der Waals surface area contributed by atoms with Gasteiger partial charge in [-0.15, -0.1) is 0 Å². The molecule has 0 spiro atoms. The van der Waals surface area contributed by atoms with Crippen molar-refractivity contribution in [1.82, 2.24) is 0 Å². The number of esters is 2. The number of hydrogen-bond acceptors (Lipinski definition) is 4. The molecule has 0 aromatic rings. The van der Waals surface area contributed by atoms with Crippen molar-refractivity contribution in [2.45, 2.75) is 67.2 Å². The zero-order valence-electron chi connectivity index (χ0n) is 16.3. The maximum Gasteiger partial charge on any atom is 0.338 e. The molecular weight excluding hydrogens is 340 g/mol. The molecular formula is C20H31ClO4. The van der Waals surface area contributed by atoms with Crippen LogP contribution in [0.5, 0.6) is 0 Å². The molecule has 0 saturated carbocycles. The average Bonchev–Trinajstić information content (AvgIpc) is 2.60. The zero-order chi connectivity index (χ0) is 19.4. The van der Waals surface area contributed by atoms with E-state index in [4.69, 9.17) is 21.1 Å². The first-order valence-electron chi connectivity index (χ1n) is 9.07. The quantitative estimate of drug-likeness (QED) is 0.290. The smallest absolute Gasteiger partial charge is 0.338 e. The van der Waals surface area contributed by atoms with Crippen LogP contribution in [0.4, 0.5) is 0 Å². The standard InChI is InChI=1S/C20H31ClO4/c1-7-14(16(9-3)18(21)10-4)15(8-2)17(20(23)25-12-6)13-19(22)24-11-5/h13H,7-12H2,1-6H3/b15-14-,17-13-,18-16-. The second-order valence-electron chi connectivity index (χ2n) is 5.29. The van der Waals surface area contributed by atoms with E-state index in [0.717, 1.165) is 34.6 Å². The van der Waals surface area contributed by atoms with E-state index in [1.807, 2.05) is 27.7 Å². The normalized spacial score (nSPS) is 13.8. The van der Waals surface area contributed by atoms with Crippen molar-refractivity contribution in [3.05, 3.63) is 33.4 Å². The van der Waals surface area contributed by atoms with Gasteiger partial charge in [-0.1, -0.05) is 39.3 Å². The summed E-state index contributed by atoms with van der Waals surface area (Å²) in [6.45, 7) is 12.0. The first kappa shape index (κ1) is 23.4. The second-order valence-corrected chi connectivity index (χ2v) is 5.74. The lowest BCUT2D eigenvalue weighted by Gasteiger charge is -2.19. The number of halogens is 1. The SMILES string of the molecule is CCOC(=O)/C=C(C(=O)OCC)/C(CC)=C(CC)\C(CC)=C(/Cl)CC. The monoisotopic (exact) mass is 370 g/mol. The molecule has 0 aliphatic carbocycles. The largest absolute Gasteiger partial charge is 0.463 e. The number of hydrogen-bond donors (Lipinski definition) is 0. The lowest BCUT2D eigenvalue weighted by molar-refractivity contribution is -0.140. The van der Waals surface area contributed by atoms with E-state index in [2.05, 4.69) is 0 Å². The molecule has 0 radical (unpaired) electrons. The molecule has 0 N–H and O–H groups in total. The molecule has 0 atom stereocenters. The first-order valence-corrected chi connectivity index (χ1v) is 9.44. The third-order valence-electron chi connectivity index (χ3n) is 3.80. The van der Waals surface area contributed by atoms with Crippen LogP contribution >= 0.6 is 11.6 Å². The molecule has 0 aliphatic rings. The summed E-state index contributed by atoms with van der Waals surface area (Å²) in [4.78, 5) is 24.4. The van der Waals surface area contributed by atoms with Crippen LogP contribution in [0, 0.1) is 0 Å². The predicted octanol–water partition coefficient (Wildman–Crippen LogP) is 5.47. The van der Waals surface area contributed by atoms with Gasteiger partial charge in [0.25, 0.3) is 0 Å². The molecule has 0 saturated heterocycles. The highest BCUT2D eigenvalue weighted by Crippen LogP contribution is 2.32. The van der Waals surface area contributed by atoms with Crippen LogP contribution < -0.4 is 0 Å². The molecule has 0 heterocycles. The van der Waals surface area contributed by atoms with E-state index in [1.54, 1.807) is 13.8 Å². The lowest BCUT2D eigenvalue weighted by atomic mass is 9.89. The molecule has 0 fully saturated rings. The topological polar surface area (TPSA) is 52.6 Å². The predicted molar refractivity (Wildman–Crippen MR) is 102 cm³/mol. The summed E-state index contributed by atoms with van der Waals surface area (Å²) < 4.78 is 10.1. The summed E-state index contributed by atoms with van der Waals surface area (Å²) in [7, 11) is 0. The van der Waals surface area contributed by atoms with E-state index in [-0.39, 0.29) is 18.8 Å². The van der Waals surface area contributed by atoms with Crippen molar-refractivity contribution in [2.24, 2.45) is 0 Å². The fourth-order valence-corrected chi connectivity index (χ4v) is 2.99. The minimum Gasteiger partial charge on any atom is -0.463 e. The Hall–Kier alpha value is -1.55. The Morgan fingerprint density at radius 2 is 1.28 bits per heavy atom. The van der Waals surface area contributed by atoms with Gasteiger partial charge in [0.05, 0.1) is 18.8 Å². The van der Waals surface area contributed by atoms with Crippen molar-refractivity contribution < 1.29 is 19.1 Å². The lowest BCUT2D eigenvalue weighted by Crippen LogP contribution is -2.14. The minimum absolute atomic E-state index is 0.240. The van der Waals surface area contributed by atoms with Crippen LogP contribution in [0.2, 0.25) is 0 Å². The fraction of sp³-hybridized carbons (Fsp3) is 0.600. The Labute approximate surface area is 156 Å². The minimum atomic E-state index is -0.546. The Kier molecular flexibility index (Phi) is 12.0. The van der Waals surface area contributed by atoms with Crippen molar-refractivity contribution in [3.63, 3.8) is 0 Å². The van der Waals surface area contributed by atoms with Crippen LogP contribution in [0.3, 0.4) is 0 Å². The summed E-state index contributed by atoms with van der Waals surface area (Å²) >= 11 is 6.43. The maximum absolute atomic E-state index is 12.5. The number of carbonyl (C=O) groups excluding carboxylic acids is 2. The van der Waals surface area contributed by atoms with Gasteiger partial charge >= 0.3 is 11.9 Å². The Morgan fingerprint density at radius 1 is 0.760 bits per heavy atom. The number of allylic oxidation sites excluding steroid dienone is 3. The number of carbonyl (C=O) groups is 2. The third kappa shape index (κ3) is 7.07. The van der Waals surface area contributed by atoms with E-state index < -0.39 is 11.9 Å². The fourth-order valence-electron chi connectivity index (χ4n) is 2.74. The van der Waals surface area contributed by atoms with E-state index in [9.17, 15) is 9.59 Å². The van der Waals surface area contributed by atoms with Gasteiger partial charge in [-0.3, -0.25) is 0 Å². The molecule has 0 amide bonds. The summed E-state index contributed by atoms with van der Waals surface area (Å²) in [5.74, 6) is -1.06. The van der Waals surface area contributed by atoms with Crippen molar-refractivity contribution in [3.8, 4) is 0 Å². The number of ether oxygens (including phenoxy) is 2. The summed E-state index contributed by atoms with van der Waals surface area (Å²) in [5, 5.41) is 0.782. The highest BCUT2D eigenvalue weighted by atomic mass is 35.5. The molecule has 0 bridgehead atoms. The summed E-state index contributed by atoms with van der Waals surface area (Å²) in [6.07, 6.45) is 4.02. The van der Waals surface area contributed by atoms with Gasteiger partial charge in [-0.25, -0.2) is 9.59 Å². The molecule has 0 aliphatic heterocycles. The molecule has 25 heavy (non-hydrogen) atoms. The third-order valence-corrected chi connectivity index (χ3v) is 4.29.